The number of anilines is 2. The number of nitrogens with one attached hydrogen (secondary N) is 2. The lowest BCUT2D eigenvalue weighted by Gasteiger charge is -2.06. The molecule has 0 bridgehead atoms. The Morgan fingerprint density at radius 1 is 0.680 bits per heavy atom. The summed E-state index contributed by atoms with van der Waals surface area (Å²) >= 11 is 13.1. The second-order valence-corrected chi connectivity index (χ2v) is 6.93. The van der Waals surface area contributed by atoms with Crippen LogP contribution in [0, 0.1) is 0 Å². The molecule has 0 saturated heterocycles. The standard InChI is InChI=1S/C18H12Cl2N2O2S/c19-11-5-1-3-7-13(11)21-17(23)15-9-10-16(25-15)18(24)22-14-8-4-2-6-12(14)20/h1-10H,(H,21,23)(H,22,24). The van der Waals surface area contributed by atoms with Gasteiger partial charge in [-0.2, -0.15) is 0 Å². The van der Waals surface area contributed by atoms with Crippen LogP contribution >= 0.6 is 34.5 Å². The topological polar surface area (TPSA) is 58.2 Å². The second kappa shape index (κ2) is 7.70. The van der Waals surface area contributed by atoms with Gasteiger partial charge in [0.25, 0.3) is 11.8 Å². The van der Waals surface area contributed by atoms with Gasteiger partial charge in [-0.15, -0.1) is 11.3 Å². The number of hydrogen-bond acceptors (Lipinski definition) is 3. The van der Waals surface area contributed by atoms with Gasteiger partial charge in [0, 0.05) is 0 Å². The van der Waals surface area contributed by atoms with Crippen molar-refractivity contribution in [3.05, 3.63) is 80.5 Å². The molecule has 0 saturated carbocycles. The number of thiophene rings is 1. The third-order valence-electron chi connectivity index (χ3n) is 3.30. The van der Waals surface area contributed by atoms with Crippen LogP contribution in [0.4, 0.5) is 11.4 Å². The molecule has 2 N–H and O–H groups in total. The molecular weight excluding hydrogens is 379 g/mol. The third-order valence-corrected chi connectivity index (χ3v) is 5.04. The van der Waals surface area contributed by atoms with Crippen molar-refractivity contribution in [2.24, 2.45) is 0 Å². The lowest BCUT2D eigenvalue weighted by Crippen LogP contribution is -2.11. The van der Waals surface area contributed by atoms with Gasteiger partial charge in [0.05, 0.1) is 31.2 Å². The Kier molecular flexibility index (Phi) is 5.38. The number of halogens is 2. The fourth-order valence-electron chi connectivity index (χ4n) is 2.07. The molecule has 0 spiro atoms. The molecule has 1 aromatic heterocycles. The highest BCUT2D eigenvalue weighted by atomic mass is 35.5. The van der Waals surface area contributed by atoms with E-state index in [-0.39, 0.29) is 11.8 Å². The van der Waals surface area contributed by atoms with Gasteiger partial charge >= 0.3 is 0 Å². The molecule has 7 heteroatoms. The lowest BCUT2D eigenvalue weighted by molar-refractivity contribution is 0.102. The molecule has 126 valence electrons. The number of amides is 2. The van der Waals surface area contributed by atoms with Crippen LogP contribution in [0.1, 0.15) is 19.3 Å². The molecule has 0 aliphatic carbocycles. The van der Waals surface area contributed by atoms with Gasteiger partial charge in [0.2, 0.25) is 0 Å². The highest BCUT2D eigenvalue weighted by Crippen LogP contribution is 2.25. The van der Waals surface area contributed by atoms with Crippen LogP contribution in [0.3, 0.4) is 0 Å². The Bertz CT molecular complexity index is 866. The van der Waals surface area contributed by atoms with Crippen molar-refractivity contribution >= 4 is 57.7 Å². The second-order valence-electron chi connectivity index (χ2n) is 5.03. The fraction of sp³-hybridized carbons (Fsp3) is 0. The van der Waals surface area contributed by atoms with Crippen LogP contribution in [0.15, 0.2) is 60.7 Å². The van der Waals surface area contributed by atoms with Gasteiger partial charge < -0.3 is 10.6 Å². The Balaban J connectivity index is 1.71. The summed E-state index contributed by atoms with van der Waals surface area (Å²) in [5.74, 6) is -0.648. The normalized spacial score (nSPS) is 10.3. The molecule has 0 fully saturated rings. The fourth-order valence-corrected chi connectivity index (χ4v) is 3.24. The lowest BCUT2D eigenvalue weighted by atomic mass is 10.3. The minimum Gasteiger partial charge on any atom is -0.320 e. The SMILES string of the molecule is O=C(Nc1ccccc1Cl)c1ccc(C(=O)Nc2ccccc2Cl)s1. The van der Waals surface area contributed by atoms with E-state index < -0.39 is 0 Å². The Morgan fingerprint density at radius 2 is 1.08 bits per heavy atom. The summed E-state index contributed by atoms with van der Waals surface area (Å²) in [5, 5.41) is 6.35. The molecule has 3 aromatic rings. The van der Waals surface area contributed by atoms with Gasteiger partial charge in [0.15, 0.2) is 0 Å². The summed E-state index contributed by atoms with van der Waals surface area (Å²) < 4.78 is 0. The Morgan fingerprint density at radius 3 is 1.48 bits per heavy atom. The first-order valence-corrected chi connectivity index (χ1v) is 8.83. The largest absolute Gasteiger partial charge is 0.320 e. The van der Waals surface area contributed by atoms with Gasteiger partial charge in [-0.25, -0.2) is 0 Å². The first kappa shape index (κ1) is 17.5. The molecular formula is C18H12Cl2N2O2S. The van der Waals surface area contributed by atoms with E-state index >= 15 is 0 Å². The molecule has 0 aliphatic heterocycles. The number of carbonyl (C=O) groups excluding carboxylic acids is 2. The average Bonchev–Trinajstić information content (AvgIpc) is 3.09. The van der Waals surface area contributed by atoms with E-state index in [1.165, 1.54) is 0 Å². The minimum atomic E-state index is -0.324. The van der Waals surface area contributed by atoms with Crippen LogP contribution in [0.2, 0.25) is 10.0 Å². The molecule has 2 aromatic carbocycles. The number of rotatable bonds is 4. The van der Waals surface area contributed by atoms with Crippen LogP contribution in [0.25, 0.3) is 0 Å². The van der Waals surface area contributed by atoms with Crippen molar-refractivity contribution in [2.75, 3.05) is 10.6 Å². The smallest absolute Gasteiger partial charge is 0.265 e. The summed E-state index contributed by atoms with van der Waals surface area (Å²) in [7, 11) is 0. The first-order chi connectivity index (χ1) is 12.0. The molecule has 0 unspecified atom stereocenters. The molecule has 0 aliphatic rings. The number of hydrogen-bond donors (Lipinski definition) is 2. The van der Waals surface area contributed by atoms with Crippen molar-refractivity contribution in [3.63, 3.8) is 0 Å². The summed E-state index contributed by atoms with van der Waals surface area (Å²) in [6.07, 6.45) is 0. The third kappa shape index (κ3) is 4.20. The summed E-state index contributed by atoms with van der Waals surface area (Å²) in [6, 6.07) is 17.1. The molecule has 25 heavy (non-hydrogen) atoms. The van der Waals surface area contributed by atoms with Crippen LogP contribution < -0.4 is 10.6 Å². The summed E-state index contributed by atoms with van der Waals surface area (Å²) in [6.45, 7) is 0. The van der Waals surface area contributed by atoms with Crippen LogP contribution in [-0.2, 0) is 0 Å². The number of carbonyl (C=O) groups is 2. The quantitative estimate of drug-likeness (QED) is 0.612. The molecule has 2 amide bonds. The van der Waals surface area contributed by atoms with E-state index in [9.17, 15) is 9.59 Å². The summed E-state index contributed by atoms with van der Waals surface area (Å²) in [5.41, 5.74) is 1.04. The Labute approximate surface area is 158 Å². The maximum atomic E-state index is 12.3. The van der Waals surface area contributed by atoms with Crippen molar-refractivity contribution in [1.82, 2.24) is 0 Å². The van der Waals surface area contributed by atoms with E-state index in [4.69, 9.17) is 23.2 Å². The molecule has 1 heterocycles. The zero-order valence-electron chi connectivity index (χ0n) is 12.8. The minimum absolute atomic E-state index is 0.324. The summed E-state index contributed by atoms with van der Waals surface area (Å²) in [4.78, 5) is 25.4. The monoisotopic (exact) mass is 390 g/mol. The molecule has 4 nitrogen and oxygen atoms in total. The van der Waals surface area contributed by atoms with Gasteiger partial charge in [-0.3, -0.25) is 9.59 Å². The molecule has 3 rings (SSSR count). The van der Waals surface area contributed by atoms with Crippen LogP contribution in [-0.4, -0.2) is 11.8 Å². The van der Waals surface area contributed by atoms with E-state index in [0.29, 0.717) is 31.2 Å². The predicted octanol–water partition coefficient (Wildman–Crippen LogP) is 5.56. The highest BCUT2D eigenvalue weighted by molar-refractivity contribution is 7.16. The van der Waals surface area contributed by atoms with Gasteiger partial charge in [-0.05, 0) is 36.4 Å². The number of benzene rings is 2. The van der Waals surface area contributed by atoms with Crippen LogP contribution in [0.5, 0.6) is 0 Å². The molecule has 0 radical (unpaired) electrons. The van der Waals surface area contributed by atoms with Crippen molar-refractivity contribution in [1.29, 1.82) is 0 Å². The highest BCUT2D eigenvalue weighted by Gasteiger charge is 2.15. The zero-order chi connectivity index (χ0) is 17.8. The van der Waals surface area contributed by atoms with E-state index in [2.05, 4.69) is 10.6 Å². The predicted molar refractivity (Wildman–Crippen MR) is 103 cm³/mol. The number of para-hydroxylation sites is 2. The maximum absolute atomic E-state index is 12.3. The maximum Gasteiger partial charge on any atom is 0.265 e. The van der Waals surface area contributed by atoms with E-state index in [1.54, 1.807) is 60.7 Å². The van der Waals surface area contributed by atoms with Gasteiger partial charge in [0.1, 0.15) is 0 Å². The zero-order valence-corrected chi connectivity index (χ0v) is 15.1. The average molecular weight is 391 g/mol. The van der Waals surface area contributed by atoms with Gasteiger partial charge in [-0.1, -0.05) is 47.5 Å². The van der Waals surface area contributed by atoms with E-state index in [1.807, 2.05) is 0 Å². The van der Waals surface area contributed by atoms with Crippen molar-refractivity contribution in [2.45, 2.75) is 0 Å². The Hall–Kier alpha value is -2.34. The van der Waals surface area contributed by atoms with E-state index in [0.717, 1.165) is 11.3 Å². The van der Waals surface area contributed by atoms with Crippen molar-refractivity contribution < 1.29 is 9.59 Å². The van der Waals surface area contributed by atoms with Crippen molar-refractivity contribution in [3.8, 4) is 0 Å². The first-order valence-electron chi connectivity index (χ1n) is 7.26. The molecule has 0 atom stereocenters.